The molecule has 0 radical (unpaired) electrons. The van der Waals surface area contributed by atoms with E-state index in [1.54, 1.807) is 0 Å². The van der Waals surface area contributed by atoms with Gasteiger partial charge in [0, 0.05) is 9.13 Å². The minimum absolute atomic E-state index is 0.803. The van der Waals surface area contributed by atoms with Crippen LogP contribution in [0.1, 0.15) is 19.1 Å². The predicted octanol–water partition coefficient (Wildman–Crippen LogP) is 4.05. The van der Waals surface area contributed by atoms with Crippen LogP contribution in [0.15, 0.2) is 40.8 Å². The molecule has 0 aliphatic heterocycles. The second-order valence-corrected chi connectivity index (χ2v) is 5.08. The van der Waals surface area contributed by atoms with E-state index in [4.69, 9.17) is 4.42 Å². The third-order valence-corrected chi connectivity index (χ3v) is 3.47. The quantitative estimate of drug-likeness (QED) is 0.656. The van der Waals surface area contributed by atoms with Gasteiger partial charge in [-0.15, -0.1) is 0 Å². The van der Waals surface area contributed by atoms with Crippen molar-refractivity contribution in [2.75, 3.05) is 6.54 Å². The van der Waals surface area contributed by atoms with Gasteiger partial charge in [-0.25, -0.2) is 0 Å². The minimum Gasteiger partial charge on any atom is -0.460 e. The summed E-state index contributed by atoms with van der Waals surface area (Å²) in [6.07, 6.45) is 1.14. The van der Waals surface area contributed by atoms with Crippen LogP contribution >= 0.6 is 22.6 Å². The molecule has 2 nitrogen and oxygen atoms in total. The van der Waals surface area contributed by atoms with E-state index in [1.165, 1.54) is 3.57 Å². The first-order valence-electron chi connectivity index (χ1n) is 5.85. The van der Waals surface area contributed by atoms with Crippen molar-refractivity contribution in [2.24, 2.45) is 0 Å². The molecule has 0 saturated heterocycles. The summed E-state index contributed by atoms with van der Waals surface area (Å²) in [7, 11) is 0. The molecule has 0 fully saturated rings. The van der Waals surface area contributed by atoms with E-state index in [0.29, 0.717) is 0 Å². The van der Waals surface area contributed by atoms with Gasteiger partial charge in [-0.1, -0.05) is 25.1 Å². The Morgan fingerprint density at radius 1 is 1.18 bits per heavy atom. The zero-order chi connectivity index (χ0) is 12.1. The van der Waals surface area contributed by atoms with Crippen molar-refractivity contribution < 1.29 is 4.42 Å². The molecule has 0 aliphatic carbocycles. The third kappa shape index (κ3) is 3.33. The van der Waals surface area contributed by atoms with Crippen LogP contribution in [-0.4, -0.2) is 6.54 Å². The normalized spacial score (nSPS) is 10.7. The molecule has 0 spiro atoms. The average Bonchev–Trinajstić information content (AvgIpc) is 2.79. The number of hydrogen-bond donors (Lipinski definition) is 1. The van der Waals surface area contributed by atoms with Crippen LogP contribution in [0.3, 0.4) is 0 Å². The summed E-state index contributed by atoms with van der Waals surface area (Å²) in [4.78, 5) is 0. The van der Waals surface area contributed by atoms with Gasteiger partial charge in [0.1, 0.15) is 11.5 Å². The van der Waals surface area contributed by atoms with E-state index < -0.39 is 0 Å². The first-order valence-corrected chi connectivity index (χ1v) is 6.93. The summed E-state index contributed by atoms with van der Waals surface area (Å²) in [5, 5.41) is 3.34. The molecule has 3 heteroatoms. The van der Waals surface area contributed by atoms with Gasteiger partial charge < -0.3 is 9.73 Å². The Hall–Kier alpha value is -0.810. The van der Waals surface area contributed by atoms with Crippen molar-refractivity contribution in [1.29, 1.82) is 0 Å². The van der Waals surface area contributed by atoms with E-state index in [2.05, 4.69) is 47.0 Å². The van der Waals surface area contributed by atoms with E-state index in [9.17, 15) is 0 Å². The number of benzene rings is 1. The first-order chi connectivity index (χ1) is 8.31. The summed E-state index contributed by atoms with van der Waals surface area (Å²) in [6, 6.07) is 12.3. The predicted molar refractivity (Wildman–Crippen MR) is 78.9 cm³/mol. The molecule has 1 aromatic heterocycles. The van der Waals surface area contributed by atoms with E-state index in [0.717, 1.165) is 36.6 Å². The lowest BCUT2D eigenvalue weighted by molar-refractivity contribution is 0.493. The highest BCUT2D eigenvalue weighted by atomic mass is 127. The zero-order valence-electron chi connectivity index (χ0n) is 9.87. The van der Waals surface area contributed by atoms with Crippen molar-refractivity contribution in [3.8, 4) is 11.3 Å². The maximum atomic E-state index is 5.83. The molecule has 1 N–H and O–H groups in total. The summed E-state index contributed by atoms with van der Waals surface area (Å²) in [5.41, 5.74) is 1.16. The van der Waals surface area contributed by atoms with Gasteiger partial charge in [-0.2, -0.15) is 0 Å². The van der Waals surface area contributed by atoms with E-state index >= 15 is 0 Å². The maximum absolute atomic E-state index is 5.83. The molecule has 0 bridgehead atoms. The largest absolute Gasteiger partial charge is 0.460 e. The van der Waals surface area contributed by atoms with Crippen LogP contribution in [0.25, 0.3) is 11.3 Å². The van der Waals surface area contributed by atoms with Gasteiger partial charge in [0.15, 0.2) is 0 Å². The van der Waals surface area contributed by atoms with Gasteiger partial charge in [0.2, 0.25) is 0 Å². The molecule has 2 aromatic rings. The molecule has 0 aliphatic rings. The number of rotatable bonds is 5. The van der Waals surface area contributed by atoms with Crippen LogP contribution in [-0.2, 0) is 6.54 Å². The van der Waals surface area contributed by atoms with Crippen molar-refractivity contribution in [1.82, 2.24) is 5.32 Å². The molecular weight excluding hydrogens is 325 g/mol. The molecule has 0 amide bonds. The standard InChI is InChI=1S/C14H16INO/c1-2-9-16-10-11-7-8-14(17-11)12-5-3-4-6-13(12)15/h3-8,16H,2,9-10H2,1H3. The molecule has 90 valence electrons. The van der Waals surface area contributed by atoms with Crippen LogP contribution < -0.4 is 5.32 Å². The summed E-state index contributed by atoms with van der Waals surface area (Å²) in [5.74, 6) is 1.94. The maximum Gasteiger partial charge on any atom is 0.135 e. The Balaban J connectivity index is 2.10. The smallest absolute Gasteiger partial charge is 0.135 e. The van der Waals surface area contributed by atoms with Crippen LogP contribution in [0.2, 0.25) is 0 Å². The monoisotopic (exact) mass is 341 g/mol. The summed E-state index contributed by atoms with van der Waals surface area (Å²) in [6.45, 7) is 3.99. The molecule has 0 unspecified atom stereocenters. The van der Waals surface area contributed by atoms with Crippen LogP contribution in [0.5, 0.6) is 0 Å². The lowest BCUT2D eigenvalue weighted by atomic mass is 10.2. The fraction of sp³-hybridized carbons (Fsp3) is 0.286. The van der Waals surface area contributed by atoms with Crippen molar-refractivity contribution in [3.05, 3.63) is 45.7 Å². The topological polar surface area (TPSA) is 25.2 Å². The van der Waals surface area contributed by atoms with Gasteiger partial charge in [0.25, 0.3) is 0 Å². The molecule has 17 heavy (non-hydrogen) atoms. The van der Waals surface area contributed by atoms with Gasteiger partial charge >= 0.3 is 0 Å². The van der Waals surface area contributed by atoms with E-state index in [-0.39, 0.29) is 0 Å². The summed E-state index contributed by atoms with van der Waals surface area (Å²) >= 11 is 2.33. The average molecular weight is 341 g/mol. The zero-order valence-corrected chi connectivity index (χ0v) is 12.0. The molecule has 0 saturated carbocycles. The third-order valence-electron chi connectivity index (χ3n) is 2.53. The number of hydrogen-bond acceptors (Lipinski definition) is 2. The second-order valence-electron chi connectivity index (χ2n) is 3.92. The van der Waals surface area contributed by atoms with Gasteiger partial charge in [0.05, 0.1) is 6.54 Å². The molecule has 1 aromatic carbocycles. The number of nitrogens with one attached hydrogen (secondary N) is 1. The second kappa shape index (κ2) is 6.21. The van der Waals surface area contributed by atoms with Gasteiger partial charge in [-0.3, -0.25) is 0 Å². The number of furan rings is 1. The van der Waals surface area contributed by atoms with Crippen molar-refractivity contribution in [2.45, 2.75) is 19.9 Å². The Bertz CT molecular complexity index is 479. The Morgan fingerprint density at radius 2 is 2.00 bits per heavy atom. The van der Waals surface area contributed by atoms with E-state index in [1.807, 2.05) is 24.3 Å². The highest BCUT2D eigenvalue weighted by Gasteiger charge is 2.07. The van der Waals surface area contributed by atoms with Gasteiger partial charge in [-0.05, 0) is 53.8 Å². The van der Waals surface area contributed by atoms with Crippen LogP contribution in [0, 0.1) is 3.57 Å². The lowest BCUT2D eigenvalue weighted by Gasteiger charge is -2.01. The highest BCUT2D eigenvalue weighted by Crippen LogP contribution is 2.26. The highest BCUT2D eigenvalue weighted by molar-refractivity contribution is 14.1. The Morgan fingerprint density at radius 3 is 2.76 bits per heavy atom. The first kappa shape index (κ1) is 12.6. The summed E-state index contributed by atoms with van der Waals surface area (Å²) < 4.78 is 7.05. The Labute approximate surface area is 116 Å². The molecule has 2 rings (SSSR count). The molecule has 1 heterocycles. The molecule has 0 atom stereocenters. The fourth-order valence-corrected chi connectivity index (χ4v) is 2.32. The molecular formula is C14H16INO. The SMILES string of the molecule is CCCNCc1ccc(-c2ccccc2I)o1. The Kier molecular flexibility index (Phi) is 4.62. The van der Waals surface area contributed by atoms with Crippen molar-refractivity contribution in [3.63, 3.8) is 0 Å². The number of halogens is 1. The minimum atomic E-state index is 0.803. The van der Waals surface area contributed by atoms with Crippen molar-refractivity contribution >= 4 is 22.6 Å². The van der Waals surface area contributed by atoms with Crippen LogP contribution in [0.4, 0.5) is 0 Å². The lowest BCUT2D eigenvalue weighted by Crippen LogP contribution is -2.12. The fourth-order valence-electron chi connectivity index (χ4n) is 1.67.